The van der Waals surface area contributed by atoms with E-state index in [4.69, 9.17) is 32.7 Å². The van der Waals surface area contributed by atoms with Crippen molar-refractivity contribution >= 4 is 61.6 Å². The molecule has 0 atom stereocenters. The Morgan fingerprint density at radius 1 is 0.729 bits per heavy atom. The molecule has 0 unspecified atom stereocenters. The summed E-state index contributed by atoms with van der Waals surface area (Å²) >= 11 is 11.9. The highest BCUT2D eigenvalue weighted by Crippen LogP contribution is 2.31. The SMILES string of the molecule is O=C(Nc1ccccc1C(=O)O)c1ccc(Oc2ccc3cc(OC4CCC(NS(=O)(=O)c5ccc(Cl)c(Cl)c5)CC4)ccc3c2)cc1. The lowest BCUT2D eigenvalue weighted by Crippen LogP contribution is -2.39. The molecule has 0 radical (unpaired) electrons. The van der Waals surface area contributed by atoms with Crippen molar-refractivity contribution in [2.75, 3.05) is 5.32 Å². The fourth-order valence-corrected chi connectivity index (χ4v) is 7.24. The Kier molecular flexibility index (Phi) is 9.88. The third-order valence-corrected chi connectivity index (χ3v) is 10.3. The predicted molar refractivity (Wildman–Crippen MR) is 185 cm³/mol. The summed E-state index contributed by atoms with van der Waals surface area (Å²) in [6.45, 7) is 0. The fourth-order valence-electron chi connectivity index (χ4n) is 5.54. The van der Waals surface area contributed by atoms with Gasteiger partial charge in [0.1, 0.15) is 17.2 Å². The van der Waals surface area contributed by atoms with E-state index in [9.17, 15) is 23.1 Å². The Hall–Kier alpha value is -4.61. The molecule has 5 aromatic rings. The van der Waals surface area contributed by atoms with Gasteiger partial charge in [-0.25, -0.2) is 17.9 Å². The van der Waals surface area contributed by atoms with E-state index in [0.717, 1.165) is 16.5 Å². The van der Waals surface area contributed by atoms with E-state index in [2.05, 4.69) is 10.0 Å². The first-order valence-corrected chi connectivity index (χ1v) is 17.4. The van der Waals surface area contributed by atoms with Crippen LogP contribution in [0.5, 0.6) is 17.2 Å². The van der Waals surface area contributed by atoms with Crippen molar-refractivity contribution in [3.05, 3.63) is 124 Å². The molecule has 0 saturated heterocycles. The smallest absolute Gasteiger partial charge is 0.337 e. The quantitative estimate of drug-likeness (QED) is 0.133. The van der Waals surface area contributed by atoms with E-state index in [-0.39, 0.29) is 33.3 Å². The average molecular weight is 706 g/mol. The molecule has 5 aromatic carbocycles. The standard InChI is InChI=1S/C36H30Cl2N2O7S/c37-32-18-17-30(21-33(32)38)48(44,45)40-25-9-15-27(16-10-25)47-29-14-8-23-19-28(13-7-24(23)20-29)46-26-11-5-22(6-12-26)35(41)39-34-4-2-1-3-31(34)36(42)43/h1-8,11-14,17-21,25,27,40H,9-10,15-16H2,(H,39,41)(H,42,43). The van der Waals surface area contributed by atoms with Gasteiger partial charge in [0.15, 0.2) is 0 Å². The van der Waals surface area contributed by atoms with Crippen LogP contribution in [0.4, 0.5) is 5.69 Å². The topological polar surface area (TPSA) is 131 Å². The van der Waals surface area contributed by atoms with Gasteiger partial charge in [-0.05, 0) is 115 Å². The van der Waals surface area contributed by atoms with Crippen LogP contribution >= 0.6 is 23.2 Å². The van der Waals surface area contributed by atoms with Gasteiger partial charge < -0.3 is 19.9 Å². The van der Waals surface area contributed by atoms with Crippen LogP contribution in [-0.2, 0) is 10.0 Å². The average Bonchev–Trinajstić information content (AvgIpc) is 3.07. The number of nitrogens with one attached hydrogen (secondary N) is 2. The maximum Gasteiger partial charge on any atom is 0.337 e. The number of hydrogen-bond acceptors (Lipinski definition) is 6. The summed E-state index contributed by atoms with van der Waals surface area (Å²) in [5, 5.41) is 14.4. The first-order valence-electron chi connectivity index (χ1n) is 15.1. The lowest BCUT2D eigenvalue weighted by atomic mass is 9.93. The number of ether oxygens (including phenoxy) is 2. The van der Waals surface area contributed by atoms with Crippen molar-refractivity contribution < 1.29 is 32.6 Å². The molecular weight excluding hydrogens is 675 g/mol. The maximum atomic E-state index is 12.8. The molecule has 0 spiro atoms. The molecule has 9 nitrogen and oxygen atoms in total. The zero-order valence-corrected chi connectivity index (χ0v) is 27.7. The Labute approximate surface area is 287 Å². The molecule has 0 bridgehead atoms. The lowest BCUT2D eigenvalue weighted by molar-refractivity contribution is 0.0698. The molecule has 1 saturated carbocycles. The zero-order chi connectivity index (χ0) is 33.8. The Bertz CT molecular complexity index is 2100. The largest absolute Gasteiger partial charge is 0.490 e. The number of carboxylic acid groups (broad SMARTS) is 1. The summed E-state index contributed by atoms with van der Waals surface area (Å²) in [4.78, 5) is 24.2. The van der Waals surface area contributed by atoms with Gasteiger partial charge >= 0.3 is 5.97 Å². The van der Waals surface area contributed by atoms with E-state index in [1.807, 2.05) is 36.4 Å². The van der Waals surface area contributed by atoms with E-state index < -0.39 is 21.9 Å². The number of para-hydroxylation sites is 1. The van der Waals surface area contributed by atoms with Gasteiger partial charge in [-0.15, -0.1) is 0 Å². The molecule has 0 heterocycles. The molecule has 1 fully saturated rings. The molecule has 6 rings (SSSR count). The van der Waals surface area contributed by atoms with Gasteiger partial charge in [-0.1, -0.05) is 47.5 Å². The number of anilines is 1. The van der Waals surface area contributed by atoms with E-state index in [0.29, 0.717) is 47.8 Å². The molecule has 1 amide bonds. The number of benzene rings is 5. The van der Waals surface area contributed by atoms with Crippen LogP contribution in [0.25, 0.3) is 10.8 Å². The zero-order valence-electron chi connectivity index (χ0n) is 25.4. The highest BCUT2D eigenvalue weighted by molar-refractivity contribution is 7.89. The van der Waals surface area contributed by atoms with Gasteiger partial charge in [-0.3, -0.25) is 4.79 Å². The van der Waals surface area contributed by atoms with Crippen LogP contribution in [-0.4, -0.2) is 37.5 Å². The third kappa shape index (κ3) is 7.91. The van der Waals surface area contributed by atoms with Gasteiger partial charge in [0, 0.05) is 11.6 Å². The van der Waals surface area contributed by atoms with Crippen LogP contribution in [0.3, 0.4) is 0 Å². The van der Waals surface area contributed by atoms with Crippen molar-refractivity contribution in [1.82, 2.24) is 4.72 Å². The van der Waals surface area contributed by atoms with Gasteiger partial charge in [0.2, 0.25) is 10.0 Å². The van der Waals surface area contributed by atoms with Crippen molar-refractivity contribution in [2.45, 2.75) is 42.7 Å². The van der Waals surface area contributed by atoms with Crippen molar-refractivity contribution in [2.24, 2.45) is 0 Å². The van der Waals surface area contributed by atoms with Crippen LogP contribution < -0.4 is 19.5 Å². The second-order valence-electron chi connectivity index (χ2n) is 11.4. The van der Waals surface area contributed by atoms with Gasteiger partial charge in [-0.2, -0.15) is 0 Å². The predicted octanol–water partition coefficient (Wildman–Crippen LogP) is 8.56. The molecule has 0 aliphatic heterocycles. The minimum absolute atomic E-state index is 0.00808. The summed E-state index contributed by atoms with van der Waals surface area (Å²) in [5.41, 5.74) is 0.579. The summed E-state index contributed by atoms with van der Waals surface area (Å²) in [7, 11) is -3.72. The summed E-state index contributed by atoms with van der Waals surface area (Å²) in [6.07, 6.45) is 2.66. The number of sulfonamides is 1. The maximum absolute atomic E-state index is 12.8. The van der Waals surface area contributed by atoms with Crippen LogP contribution in [0, 0.1) is 0 Å². The number of carbonyl (C=O) groups excluding carboxylic acids is 1. The van der Waals surface area contributed by atoms with Crippen molar-refractivity contribution in [3.8, 4) is 17.2 Å². The number of halogens is 2. The first kappa shape index (κ1) is 33.3. The highest BCUT2D eigenvalue weighted by Gasteiger charge is 2.27. The molecule has 246 valence electrons. The van der Waals surface area contributed by atoms with Crippen LogP contribution in [0.2, 0.25) is 10.0 Å². The van der Waals surface area contributed by atoms with Crippen LogP contribution in [0.1, 0.15) is 46.4 Å². The molecule has 3 N–H and O–H groups in total. The van der Waals surface area contributed by atoms with E-state index >= 15 is 0 Å². The molecule has 0 aromatic heterocycles. The van der Waals surface area contributed by atoms with Gasteiger partial charge in [0.25, 0.3) is 5.91 Å². The van der Waals surface area contributed by atoms with E-state index in [1.165, 1.54) is 30.3 Å². The number of amides is 1. The fraction of sp³-hybridized carbons (Fsp3) is 0.167. The number of fused-ring (bicyclic) bond motifs is 1. The van der Waals surface area contributed by atoms with Gasteiger partial charge in [0.05, 0.1) is 32.3 Å². The number of carboxylic acids is 1. The molecule has 1 aliphatic carbocycles. The van der Waals surface area contributed by atoms with Crippen molar-refractivity contribution in [1.29, 1.82) is 0 Å². The first-order chi connectivity index (χ1) is 23.0. The Morgan fingerprint density at radius 3 is 2.06 bits per heavy atom. The number of rotatable bonds is 10. The van der Waals surface area contributed by atoms with E-state index in [1.54, 1.807) is 36.4 Å². The second kappa shape index (κ2) is 14.2. The lowest BCUT2D eigenvalue weighted by Gasteiger charge is -2.29. The second-order valence-corrected chi connectivity index (χ2v) is 13.9. The summed E-state index contributed by atoms with van der Waals surface area (Å²) in [6, 6.07) is 28.4. The Balaban J connectivity index is 1.02. The summed E-state index contributed by atoms with van der Waals surface area (Å²) in [5.74, 6) is 0.323. The molecule has 12 heteroatoms. The third-order valence-electron chi connectivity index (χ3n) is 8.04. The number of hydrogen-bond donors (Lipinski definition) is 3. The molecule has 1 aliphatic rings. The monoisotopic (exact) mass is 704 g/mol. The highest BCUT2D eigenvalue weighted by atomic mass is 35.5. The Morgan fingerprint density at radius 2 is 1.38 bits per heavy atom. The normalized spacial score (nSPS) is 16.3. The minimum Gasteiger partial charge on any atom is -0.490 e. The number of aromatic carboxylic acids is 1. The number of carbonyl (C=O) groups is 2. The van der Waals surface area contributed by atoms with Crippen molar-refractivity contribution in [3.63, 3.8) is 0 Å². The molecule has 48 heavy (non-hydrogen) atoms. The molecular formula is C36H30Cl2N2O7S. The van der Waals surface area contributed by atoms with Crippen LogP contribution in [0.15, 0.2) is 108 Å². The summed E-state index contributed by atoms with van der Waals surface area (Å²) < 4.78 is 40.7. The minimum atomic E-state index is -3.72.